The van der Waals surface area contributed by atoms with E-state index in [-0.39, 0.29) is 5.91 Å². The Morgan fingerprint density at radius 1 is 1.29 bits per heavy atom. The van der Waals surface area contributed by atoms with Gasteiger partial charge in [-0.05, 0) is 44.0 Å². The highest BCUT2D eigenvalue weighted by Gasteiger charge is 2.03. The van der Waals surface area contributed by atoms with Crippen LogP contribution in [0.1, 0.15) is 30.1 Å². The lowest BCUT2D eigenvalue weighted by Crippen LogP contribution is -2.24. The fraction of sp³-hybridized carbons (Fsp3) is 0.462. The zero-order valence-corrected chi connectivity index (χ0v) is 10.2. The van der Waals surface area contributed by atoms with Crippen LogP contribution in [-0.4, -0.2) is 25.7 Å². The Hall–Kier alpha value is -1.55. The minimum absolute atomic E-state index is 0.0543. The van der Waals surface area contributed by atoms with Crippen molar-refractivity contribution in [1.82, 2.24) is 5.32 Å². The van der Waals surface area contributed by atoms with Crippen molar-refractivity contribution >= 4 is 11.6 Å². The first-order valence-electron chi connectivity index (χ1n) is 5.95. The first kappa shape index (κ1) is 13.5. The Kier molecular flexibility index (Phi) is 6.10. The number of hydrogen-bond acceptors (Lipinski definition) is 3. The van der Waals surface area contributed by atoms with Gasteiger partial charge in [0, 0.05) is 31.0 Å². The van der Waals surface area contributed by atoms with E-state index in [9.17, 15) is 4.79 Å². The molecule has 0 bridgehead atoms. The Morgan fingerprint density at radius 3 is 2.65 bits per heavy atom. The molecular formula is C13H20N2O2. The number of carbonyl (C=O) groups excluding carboxylic acids is 1. The molecule has 17 heavy (non-hydrogen) atoms. The van der Waals surface area contributed by atoms with Gasteiger partial charge in [0.05, 0.1) is 0 Å². The molecule has 4 nitrogen and oxygen atoms in total. The second-order valence-corrected chi connectivity index (χ2v) is 3.78. The molecule has 94 valence electrons. The molecule has 0 aliphatic rings. The van der Waals surface area contributed by atoms with Gasteiger partial charge in [0.2, 0.25) is 0 Å². The molecule has 1 amide bonds. The summed E-state index contributed by atoms with van der Waals surface area (Å²) in [5, 5.41) is 2.86. The summed E-state index contributed by atoms with van der Waals surface area (Å²) in [6.07, 6.45) is 1.90. The minimum atomic E-state index is -0.0543. The average Bonchev–Trinajstić information content (AvgIpc) is 2.34. The number of nitrogens with one attached hydrogen (secondary N) is 1. The molecule has 0 radical (unpaired) electrons. The Labute approximate surface area is 102 Å². The maximum Gasteiger partial charge on any atom is 0.251 e. The number of carbonyl (C=O) groups is 1. The van der Waals surface area contributed by atoms with Crippen molar-refractivity contribution in [2.45, 2.75) is 19.8 Å². The number of benzene rings is 1. The molecule has 1 aromatic carbocycles. The summed E-state index contributed by atoms with van der Waals surface area (Å²) in [6.45, 7) is 4.16. The van der Waals surface area contributed by atoms with Crippen molar-refractivity contribution in [3.63, 3.8) is 0 Å². The number of rotatable bonds is 7. The van der Waals surface area contributed by atoms with Crippen molar-refractivity contribution in [1.29, 1.82) is 0 Å². The number of hydrogen-bond donors (Lipinski definition) is 2. The molecule has 0 unspecified atom stereocenters. The SMILES string of the molecule is CCOCCCCNC(=O)c1ccc(N)cc1. The van der Waals surface area contributed by atoms with E-state index in [1.54, 1.807) is 24.3 Å². The number of amides is 1. The Bertz CT molecular complexity index is 336. The molecule has 4 heteroatoms. The van der Waals surface area contributed by atoms with E-state index in [1.165, 1.54) is 0 Å². The van der Waals surface area contributed by atoms with Crippen LogP contribution in [0.2, 0.25) is 0 Å². The van der Waals surface area contributed by atoms with E-state index in [0.29, 0.717) is 17.8 Å². The van der Waals surface area contributed by atoms with Gasteiger partial charge >= 0.3 is 0 Å². The smallest absolute Gasteiger partial charge is 0.251 e. The highest BCUT2D eigenvalue weighted by molar-refractivity contribution is 5.94. The second kappa shape index (κ2) is 7.68. The van der Waals surface area contributed by atoms with E-state index >= 15 is 0 Å². The molecule has 1 aromatic rings. The standard InChI is InChI=1S/C13H20N2O2/c1-2-17-10-4-3-9-15-13(16)11-5-7-12(14)8-6-11/h5-8H,2-4,9-10,14H2,1H3,(H,15,16). The maximum atomic E-state index is 11.7. The van der Waals surface area contributed by atoms with E-state index in [4.69, 9.17) is 10.5 Å². The highest BCUT2D eigenvalue weighted by atomic mass is 16.5. The maximum absolute atomic E-state index is 11.7. The monoisotopic (exact) mass is 236 g/mol. The number of nitrogens with two attached hydrogens (primary N) is 1. The van der Waals surface area contributed by atoms with Crippen molar-refractivity contribution in [2.24, 2.45) is 0 Å². The summed E-state index contributed by atoms with van der Waals surface area (Å²) in [7, 11) is 0. The summed E-state index contributed by atoms with van der Waals surface area (Å²) < 4.78 is 5.21. The van der Waals surface area contributed by atoms with Gasteiger partial charge in [-0.1, -0.05) is 0 Å². The van der Waals surface area contributed by atoms with Gasteiger partial charge in [-0.3, -0.25) is 4.79 Å². The summed E-state index contributed by atoms with van der Waals surface area (Å²) in [5.74, 6) is -0.0543. The normalized spacial score (nSPS) is 10.2. The summed E-state index contributed by atoms with van der Waals surface area (Å²) >= 11 is 0. The average molecular weight is 236 g/mol. The third-order valence-corrected chi connectivity index (χ3v) is 2.38. The Balaban J connectivity index is 2.19. The molecule has 0 saturated heterocycles. The molecule has 0 saturated carbocycles. The number of anilines is 1. The van der Waals surface area contributed by atoms with Crippen LogP contribution in [0.25, 0.3) is 0 Å². The summed E-state index contributed by atoms with van der Waals surface area (Å²) in [5.41, 5.74) is 6.86. The molecule has 0 heterocycles. The van der Waals surface area contributed by atoms with E-state index in [2.05, 4.69) is 5.32 Å². The van der Waals surface area contributed by atoms with Crippen LogP contribution >= 0.6 is 0 Å². The highest BCUT2D eigenvalue weighted by Crippen LogP contribution is 2.05. The molecular weight excluding hydrogens is 216 g/mol. The number of nitrogen functional groups attached to an aromatic ring is 1. The molecule has 0 aromatic heterocycles. The third kappa shape index (κ3) is 5.36. The topological polar surface area (TPSA) is 64.3 Å². The Morgan fingerprint density at radius 2 is 2.00 bits per heavy atom. The van der Waals surface area contributed by atoms with E-state index in [1.807, 2.05) is 6.92 Å². The number of ether oxygens (including phenoxy) is 1. The van der Waals surface area contributed by atoms with Crippen LogP contribution in [0.5, 0.6) is 0 Å². The fourth-order valence-corrected chi connectivity index (χ4v) is 1.41. The first-order valence-corrected chi connectivity index (χ1v) is 5.95. The van der Waals surface area contributed by atoms with Crippen LogP contribution < -0.4 is 11.1 Å². The van der Waals surface area contributed by atoms with Gasteiger partial charge in [0.25, 0.3) is 5.91 Å². The van der Waals surface area contributed by atoms with Crippen LogP contribution in [-0.2, 0) is 4.74 Å². The van der Waals surface area contributed by atoms with Gasteiger partial charge in [0.15, 0.2) is 0 Å². The lowest BCUT2D eigenvalue weighted by atomic mass is 10.2. The van der Waals surface area contributed by atoms with Gasteiger partial charge in [0.1, 0.15) is 0 Å². The molecule has 0 aliphatic carbocycles. The van der Waals surface area contributed by atoms with Crippen molar-refractivity contribution < 1.29 is 9.53 Å². The van der Waals surface area contributed by atoms with Gasteiger partial charge in [-0.2, -0.15) is 0 Å². The molecule has 0 spiro atoms. The van der Waals surface area contributed by atoms with Crippen LogP contribution in [0.4, 0.5) is 5.69 Å². The predicted molar refractivity (Wildman–Crippen MR) is 68.9 cm³/mol. The lowest BCUT2D eigenvalue weighted by molar-refractivity contribution is 0.0949. The van der Waals surface area contributed by atoms with Crippen LogP contribution in [0, 0.1) is 0 Å². The summed E-state index contributed by atoms with van der Waals surface area (Å²) in [4.78, 5) is 11.7. The zero-order chi connectivity index (χ0) is 12.5. The van der Waals surface area contributed by atoms with E-state index in [0.717, 1.165) is 26.1 Å². The van der Waals surface area contributed by atoms with Crippen molar-refractivity contribution in [3.05, 3.63) is 29.8 Å². The van der Waals surface area contributed by atoms with E-state index < -0.39 is 0 Å². The molecule has 1 rings (SSSR count). The van der Waals surface area contributed by atoms with Gasteiger partial charge < -0.3 is 15.8 Å². The summed E-state index contributed by atoms with van der Waals surface area (Å²) in [6, 6.07) is 6.91. The zero-order valence-electron chi connectivity index (χ0n) is 10.2. The van der Waals surface area contributed by atoms with Gasteiger partial charge in [-0.25, -0.2) is 0 Å². The predicted octanol–water partition coefficient (Wildman–Crippen LogP) is 1.82. The van der Waals surface area contributed by atoms with Crippen molar-refractivity contribution in [3.8, 4) is 0 Å². The molecule has 0 fully saturated rings. The quantitative estimate of drug-likeness (QED) is 0.560. The van der Waals surface area contributed by atoms with Crippen molar-refractivity contribution in [2.75, 3.05) is 25.5 Å². The molecule has 0 aliphatic heterocycles. The fourth-order valence-electron chi connectivity index (χ4n) is 1.41. The third-order valence-electron chi connectivity index (χ3n) is 2.38. The van der Waals surface area contributed by atoms with Crippen LogP contribution in [0.3, 0.4) is 0 Å². The largest absolute Gasteiger partial charge is 0.399 e. The molecule has 3 N–H and O–H groups in total. The molecule has 0 atom stereocenters. The van der Waals surface area contributed by atoms with Crippen LogP contribution in [0.15, 0.2) is 24.3 Å². The second-order valence-electron chi connectivity index (χ2n) is 3.78. The van der Waals surface area contributed by atoms with Gasteiger partial charge in [-0.15, -0.1) is 0 Å². The number of unbranched alkanes of at least 4 members (excludes halogenated alkanes) is 1. The first-order chi connectivity index (χ1) is 8.24. The minimum Gasteiger partial charge on any atom is -0.399 e. The lowest BCUT2D eigenvalue weighted by Gasteiger charge is -2.05.